The predicted octanol–water partition coefficient (Wildman–Crippen LogP) is 2.31. The van der Waals surface area contributed by atoms with E-state index in [0.717, 1.165) is 43.0 Å². The van der Waals surface area contributed by atoms with E-state index in [2.05, 4.69) is 27.3 Å². The van der Waals surface area contributed by atoms with E-state index in [-0.39, 0.29) is 12.7 Å². The highest BCUT2D eigenvalue weighted by Crippen LogP contribution is 2.32. The van der Waals surface area contributed by atoms with Gasteiger partial charge in [-0.3, -0.25) is 14.7 Å². The van der Waals surface area contributed by atoms with Gasteiger partial charge in [0.15, 0.2) is 11.5 Å². The second-order valence-electron chi connectivity index (χ2n) is 6.80. The Bertz CT molecular complexity index is 758. The van der Waals surface area contributed by atoms with Crippen LogP contribution in [0.25, 0.3) is 0 Å². The number of ether oxygens (including phenoxy) is 2. The van der Waals surface area contributed by atoms with Crippen LogP contribution in [0.5, 0.6) is 11.5 Å². The van der Waals surface area contributed by atoms with Crippen molar-refractivity contribution in [3.8, 4) is 11.5 Å². The Kier molecular flexibility index (Phi) is 5.02. The molecule has 2 aromatic rings. The Labute approximate surface area is 153 Å². The van der Waals surface area contributed by atoms with E-state index in [9.17, 15) is 4.79 Å². The van der Waals surface area contributed by atoms with E-state index >= 15 is 0 Å². The van der Waals surface area contributed by atoms with Gasteiger partial charge in [0, 0.05) is 18.9 Å². The van der Waals surface area contributed by atoms with Crippen molar-refractivity contribution in [3.05, 3.63) is 53.9 Å². The summed E-state index contributed by atoms with van der Waals surface area (Å²) in [7, 11) is 0. The molecule has 6 heteroatoms. The minimum absolute atomic E-state index is 0.0602. The molecule has 1 aromatic carbocycles. The number of carbonyl (C=O) groups is 1. The predicted molar refractivity (Wildman–Crippen MR) is 97.1 cm³/mol. The van der Waals surface area contributed by atoms with Gasteiger partial charge in [0.25, 0.3) is 0 Å². The third-order valence-corrected chi connectivity index (χ3v) is 5.06. The number of pyridine rings is 1. The Morgan fingerprint density at radius 2 is 1.88 bits per heavy atom. The van der Waals surface area contributed by atoms with E-state index in [0.29, 0.717) is 19.0 Å². The van der Waals surface area contributed by atoms with Crippen LogP contribution in [-0.2, 0) is 11.3 Å². The van der Waals surface area contributed by atoms with Crippen LogP contribution in [0.2, 0.25) is 0 Å². The molecule has 2 aliphatic rings. The number of piperidine rings is 1. The van der Waals surface area contributed by atoms with Crippen LogP contribution in [0, 0.1) is 0 Å². The highest BCUT2D eigenvalue weighted by Gasteiger charge is 2.22. The normalized spacial score (nSPS) is 17.2. The lowest BCUT2D eigenvalue weighted by molar-refractivity contribution is -0.122. The molecule has 136 valence electrons. The molecular formula is C20H23N3O3. The molecule has 0 aliphatic carbocycles. The van der Waals surface area contributed by atoms with E-state index < -0.39 is 0 Å². The lowest BCUT2D eigenvalue weighted by atomic mass is 9.90. The first-order valence-electron chi connectivity index (χ1n) is 9.05. The maximum Gasteiger partial charge on any atom is 0.234 e. The number of hydrogen-bond donors (Lipinski definition) is 1. The number of fused-ring (bicyclic) bond motifs is 1. The van der Waals surface area contributed by atoms with Crippen molar-refractivity contribution in [1.29, 1.82) is 0 Å². The zero-order chi connectivity index (χ0) is 17.8. The van der Waals surface area contributed by atoms with Crippen molar-refractivity contribution in [2.24, 2.45) is 0 Å². The van der Waals surface area contributed by atoms with Gasteiger partial charge in [-0.25, -0.2) is 0 Å². The minimum Gasteiger partial charge on any atom is -0.454 e. The maximum absolute atomic E-state index is 12.3. The Morgan fingerprint density at radius 3 is 2.69 bits per heavy atom. The fourth-order valence-corrected chi connectivity index (χ4v) is 3.57. The number of aromatic nitrogens is 1. The van der Waals surface area contributed by atoms with Crippen LogP contribution < -0.4 is 14.8 Å². The molecule has 0 radical (unpaired) electrons. The molecule has 1 amide bonds. The molecule has 3 heterocycles. The van der Waals surface area contributed by atoms with E-state index in [4.69, 9.17) is 9.47 Å². The lowest BCUT2D eigenvalue weighted by Gasteiger charge is -2.31. The summed E-state index contributed by atoms with van der Waals surface area (Å²) >= 11 is 0. The molecule has 0 bridgehead atoms. The quantitative estimate of drug-likeness (QED) is 0.894. The fourth-order valence-electron chi connectivity index (χ4n) is 3.57. The average Bonchev–Trinajstić information content (AvgIpc) is 3.15. The fraction of sp³-hybridized carbons (Fsp3) is 0.400. The highest BCUT2D eigenvalue weighted by molar-refractivity contribution is 5.78. The molecule has 1 fully saturated rings. The van der Waals surface area contributed by atoms with Crippen LogP contribution >= 0.6 is 0 Å². The van der Waals surface area contributed by atoms with Crippen molar-refractivity contribution in [1.82, 2.24) is 15.2 Å². The molecule has 4 rings (SSSR count). The second kappa shape index (κ2) is 7.74. The number of likely N-dealkylation sites (tertiary alicyclic amines) is 1. The third-order valence-electron chi connectivity index (χ3n) is 5.06. The molecule has 6 nitrogen and oxygen atoms in total. The van der Waals surface area contributed by atoms with Crippen molar-refractivity contribution in [2.45, 2.75) is 25.3 Å². The SMILES string of the molecule is O=C(CN1CCC(c2ccncc2)CC1)NCc1ccc2c(c1)OCO2. The molecular weight excluding hydrogens is 330 g/mol. The van der Waals surface area contributed by atoms with Gasteiger partial charge >= 0.3 is 0 Å². The summed E-state index contributed by atoms with van der Waals surface area (Å²) in [5, 5.41) is 3.00. The van der Waals surface area contributed by atoms with Gasteiger partial charge in [0.2, 0.25) is 12.7 Å². The topological polar surface area (TPSA) is 63.7 Å². The van der Waals surface area contributed by atoms with Crippen LogP contribution in [0.15, 0.2) is 42.7 Å². The number of amides is 1. The summed E-state index contributed by atoms with van der Waals surface area (Å²) < 4.78 is 10.7. The van der Waals surface area contributed by atoms with Gasteiger partial charge in [-0.2, -0.15) is 0 Å². The lowest BCUT2D eigenvalue weighted by Crippen LogP contribution is -2.41. The average molecular weight is 353 g/mol. The largest absolute Gasteiger partial charge is 0.454 e. The Balaban J connectivity index is 1.22. The van der Waals surface area contributed by atoms with E-state index in [1.807, 2.05) is 30.6 Å². The van der Waals surface area contributed by atoms with Crippen LogP contribution in [-0.4, -0.2) is 42.2 Å². The molecule has 26 heavy (non-hydrogen) atoms. The van der Waals surface area contributed by atoms with Crippen LogP contribution in [0.3, 0.4) is 0 Å². The molecule has 1 N–H and O–H groups in total. The number of nitrogens with zero attached hydrogens (tertiary/aromatic N) is 2. The van der Waals surface area contributed by atoms with Gasteiger partial charge in [-0.15, -0.1) is 0 Å². The summed E-state index contributed by atoms with van der Waals surface area (Å²) in [5.41, 5.74) is 2.37. The molecule has 1 aromatic heterocycles. The number of nitrogens with one attached hydrogen (secondary N) is 1. The van der Waals surface area contributed by atoms with E-state index in [1.165, 1.54) is 5.56 Å². The first-order valence-corrected chi connectivity index (χ1v) is 9.05. The number of hydrogen-bond acceptors (Lipinski definition) is 5. The molecule has 1 saturated heterocycles. The van der Waals surface area contributed by atoms with Crippen molar-refractivity contribution < 1.29 is 14.3 Å². The molecule has 0 spiro atoms. The Hall–Kier alpha value is -2.60. The zero-order valence-corrected chi connectivity index (χ0v) is 14.7. The molecule has 2 aliphatic heterocycles. The second-order valence-corrected chi connectivity index (χ2v) is 6.80. The minimum atomic E-state index is 0.0602. The maximum atomic E-state index is 12.3. The van der Waals surface area contributed by atoms with Crippen molar-refractivity contribution in [2.75, 3.05) is 26.4 Å². The van der Waals surface area contributed by atoms with Crippen LogP contribution in [0.4, 0.5) is 0 Å². The molecule has 0 saturated carbocycles. The monoisotopic (exact) mass is 353 g/mol. The first kappa shape index (κ1) is 16.8. The molecule has 0 atom stereocenters. The van der Waals surface area contributed by atoms with Crippen LogP contribution in [0.1, 0.15) is 29.9 Å². The van der Waals surface area contributed by atoms with Gasteiger partial charge < -0.3 is 14.8 Å². The highest BCUT2D eigenvalue weighted by atomic mass is 16.7. The van der Waals surface area contributed by atoms with Gasteiger partial charge in [0.05, 0.1) is 6.54 Å². The van der Waals surface area contributed by atoms with E-state index in [1.54, 1.807) is 0 Å². The van der Waals surface area contributed by atoms with Gasteiger partial charge in [-0.1, -0.05) is 6.07 Å². The summed E-state index contributed by atoms with van der Waals surface area (Å²) in [6.45, 7) is 3.12. The summed E-state index contributed by atoms with van der Waals surface area (Å²) in [4.78, 5) is 18.6. The van der Waals surface area contributed by atoms with Crippen molar-refractivity contribution >= 4 is 5.91 Å². The zero-order valence-electron chi connectivity index (χ0n) is 14.7. The number of benzene rings is 1. The summed E-state index contributed by atoms with van der Waals surface area (Å²) in [6, 6.07) is 9.95. The number of rotatable bonds is 5. The van der Waals surface area contributed by atoms with Gasteiger partial charge in [-0.05, 0) is 67.2 Å². The van der Waals surface area contributed by atoms with Gasteiger partial charge in [0.1, 0.15) is 0 Å². The standard InChI is InChI=1S/C20H23N3O3/c24-20(22-12-15-1-2-18-19(11-15)26-14-25-18)13-23-9-5-17(6-10-23)16-3-7-21-8-4-16/h1-4,7-8,11,17H,5-6,9-10,12-14H2,(H,22,24). The Morgan fingerprint density at radius 1 is 1.12 bits per heavy atom. The third kappa shape index (κ3) is 3.96. The first-order chi connectivity index (χ1) is 12.8. The van der Waals surface area contributed by atoms with Crippen molar-refractivity contribution in [3.63, 3.8) is 0 Å². The number of carbonyl (C=O) groups excluding carboxylic acids is 1. The molecule has 0 unspecified atom stereocenters. The summed E-state index contributed by atoms with van der Waals surface area (Å²) in [6.07, 6.45) is 5.87. The summed E-state index contributed by atoms with van der Waals surface area (Å²) in [5.74, 6) is 2.14. The smallest absolute Gasteiger partial charge is 0.234 e.